The summed E-state index contributed by atoms with van der Waals surface area (Å²) in [6.07, 6.45) is 0.116. The third-order valence-electron chi connectivity index (χ3n) is 3.33. The Kier molecular flexibility index (Phi) is 5.20. The second kappa shape index (κ2) is 7.32. The Balaban J connectivity index is 2.24. The Labute approximate surface area is 136 Å². The Morgan fingerprint density at radius 3 is 2.46 bits per heavy atom. The molecule has 0 aliphatic heterocycles. The molecule has 0 aliphatic carbocycles. The number of benzene rings is 2. The van der Waals surface area contributed by atoms with E-state index in [4.69, 9.17) is 5.73 Å². The number of hydrogen-bond donors (Lipinski definition) is 2. The number of halogens is 1. The van der Waals surface area contributed by atoms with Gasteiger partial charge in [-0.3, -0.25) is 19.7 Å². The van der Waals surface area contributed by atoms with Crippen molar-refractivity contribution in [1.29, 1.82) is 0 Å². The van der Waals surface area contributed by atoms with Gasteiger partial charge in [-0.25, -0.2) is 4.39 Å². The maximum absolute atomic E-state index is 13.3. The number of hydrogen-bond acceptors (Lipinski definition) is 4. The summed E-state index contributed by atoms with van der Waals surface area (Å²) in [5.41, 5.74) is 4.99. The van der Waals surface area contributed by atoms with Gasteiger partial charge in [0.05, 0.1) is 4.92 Å². The van der Waals surface area contributed by atoms with Crippen LogP contribution in [0.15, 0.2) is 48.5 Å². The van der Waals surface area contributed by atoms with Crippen LogP contribution in [-0.2, 0) is 11.2 Å². The van der Waals surface area contributed by atoms with Gasteiger partial charge in [-0.1, -0.05) is 30.3 Å². The fourth-order valence-electron chi connectivity index (χ4n) is 2.16. The van der Waals surface area contributed by atoms with Gasteiger partial charge in [-0.05, 0) is 17.7 Å². The van der Waals surface area contributed by atoms with Gasteiger partial charge in [-0.2, -0.15) is 0 Å². The Morgan fingerprint density at radius 1 is 1.21 bits per heavy atom. The minimum absolute atomic E-state index is 0.116. The molecule has 3 N–H and O–H groups in total. The number of nitrogens with two attached hydrogens (primary N) is 1. The van der Waals surface area contributed by atoms with E-state index in [-0.39, 0.29) is 6.42 Å². The van der Waals surface area contributed by atoms with Crippen LogP contribution in [0.3, 0.4) is 0 Å². The summed E-state index contributed by atoms with van der Waals surface area (Å²) in [6, 6.07) is 10.2. The van der Waals surface area contributed by atoms with Crippen LogP contribution in [0.5, 0.6) is 0 Å². The first-order valence-electron chi connectivity index (χ1n) is 6.96. The van der Waals surface area contributed by atoms with Crippen LogP contribution in [0.25, 0.3) is 0 Å². The number of rotatable bonds is 6. The lowest BCUT2D eigenvalue weighted by Crippen LogP contribution is -2.46. The van der Waals surface area contributed by atoms with Crippen molar-refractivity contribution < 1.29 is 18.9 Å². The SMILES string of the molecule is NC(=O)[C@H](Cc1ccccc1)NC(=O)c1cc(F)ccc1[N+](=O)[O-]. The minimum atomic E-state index is -1.08. The van der Waals surface area contributed by atoms with Crippen molar-refractivity contribution in [3.05, 3.63) is 75.6 Å². The highest BCUT2D eigenvalue weighted by molar-refractivity contribution is 6.00. The normalized spacial score (nSPS) is 11.5. The van der Waals surface area contributed by atoms with Crippen molar-refractivity contribution in [1.82, 2.24) is 5.32 Å². The zero-order valence-electron chi connectivity index (χ0n) is 12.4. The van der Waals surface area contributed by atoms with Gasteiger partial charge < -0.3 is 11.1 Å². The zero-order valence-corrected chi connectivity index (χ0v) is 12.4. The van der Waals surface area contributed by atoms with Crippen molar-refractivity contribution in [3.63, 3.8) is 0 Å². The maximum atomic E-state index is 13.3. The van der Waals surface area contributed by atoms with E-state index in [0.717, 1.165) is 23.8 Å². The molecule has 2 aromatic carbocycles. The van der Waals surface area contributed by atoms with E-state index >= 15 is 0 Å². The van der Waals surface area contributed by atoms with E-state index in [1.807, 2.05) is 0 Å². The molecule has 2 aromatic rings. The third-order valence-corrected chi connectivity index (χ3v) is 3.33. The lowest BCUT2D eigenvalue weighted by atomic mass is 10.0. The molecule has 124 valence electrons. The van der Waals surface area contributed by atoms with Gasteiger partial charge in [0.2, 0.25) is 5.91 Å². The fourth-order valence-corrected chi connectivity index (χ4v) is 2.16. The van der Waals surface area contributed by atoms with E-state index < -0.39 is 39.8 Å². The highest BCUT2D eigenvalue weighted by Gasteiger charge is 2.25. The molecular weight excluding hydrogens is 317 g/mol. The van der Waals surface area contributed by atoms with Crippen molar-refractivity contribution in [2.75, 3.05) is 0 Å². The minimum Gasteiger partial charge on any atom is -0.368 e. The number of primary amides is 1. The average Bonchev–Trinajstić information content (AvgIpc) is 2.54. The first-order chi connectivity index (χ1) is 11.4. The predicted octanol–water partition coefficient (Wildman–Crippen LogP) is 1.56. The predicted molar refractivity (Wildman–Crippen MR) is 83.6 cm³/mol. The lowest BCUT2D eigenvalue weighted by Gasteiger charge is -2.15. The molecule has 0 aromatic heterocycles. The molecule has 0 saturated carbocycles. The molecule has 0 radical (unpaired) electrons. The van der Waals surface area contributed by atoms with Gasteiger partial charge in [0, 0.05) is 12.5 Å². The molecule has 24 heavy (non-hydrogen) atoms. The summed E-state index contributed by atoms with van der Waals surface area (Å²) in [7, 11) is 0. The average molecular weight is 331 g/mol. The number of carbonyl (C=O) groups is 2. The second-order valence-electron chi connectivity index (χ2n) is 5.04. The maximum Gasteiger partial charge on any atom is 0.282 e. The van der Waals surface area contributed by atoms with Crippen LogP contribution in [-0.4, -0.2) is 22.8 Å². The van der Waals surface area contributed by atoms with Gasteiger partial charge in [-0.15, -0.1) is 0 Å². The Morgan fingerprint density at radius 2 is 1.88 bits per heavy atom. The fraction of sp³-hybridized carbons (Fsp3) is 0.125. The summed E-state index contributed by atoms with van der Waals surface area (Å²) in [6.45, 7) is 0. The highest BCUT2D eigenvalue weighted by atomic mass is 19.1. The van der Waals surface area contributed by atoms with Gasteiger partial charge >= 0.3 is 0 Å². The molecule has 2 rings (SSSR count). The smallest absolute Gasteiger partial charge is 0.282 e. The number of nitrogens with one attached hydrogen (secondary N) is 1. The standard InChI is InChI=1S/C16H14FN3O4/c17-11-6-7-14(20(23)24)12(9-11)16(22)19-13(15(18)21)8-10-4-2-1-3-5-10/h1-7,9,13H,8H2,(H2,18,21)(H,19,22)/t13-/m0/s1. The largest absolute Gasteiger partial charge is 0.368 e. The van der Waals surface area contributed by atoms with Gasteiger partial charge in [0.1, 0.15) is 17.4 Å². The topological polar surface area (TPSA) is 115 Å². The van der Waals surface area contributed by atoms with Gasteiger partial charge in [0.15, 0.2) is 0 Å². The van der Waals surface area contributed by atoms with Crippen LogP contribution < -0.4 is 11.1 Å². The van der Waals surface area contributed by atoms with Crippen LogP contribution >= 0.6 is 0 Å². The summed E-state index contributed by atoms with van der Waals surface area (Å²) < 4.78 is 13.3. The van der Waals surface area contributed by atoms with E-state index in [1.165, 1.54) is 0 Å². The Hall–Kier alpha value is -3.29. The molecule has 0 unspecified atom stereocenters. The number of nitrogens with zero attached hydrogens (tertiary/aromatic N) is 1. The van der Waals surface area contributed by atoms with Crippen molar-refractivity contribution in [3.8, 4) is 0 Å². The second-order valence-corrected chi connectivity index (χ2v) is 5.04. The zero-order chi connectivity index (χ0) is 17.7. The highest BCUT2D eigenvalue weighted by Crippen LogP contribution is 2.19. The van der Waals surface area contributed by atoms with E-state index in [9.17, 15) is 24.1 Å². The number of nitro groups is 1. The summed E-state index contributed by atoms with van der Waals surface area (Å²) in [5.74, 6) is -2.54. The lowest BCUT2D eigenvalue weighted by molar-refractivity contribution is -0.385. The van der Waals surface area contributed by atoms with Crippen LogP contribution in [0.4, 0.5) is 10.1 Å². The molecule has 1 atom stereocenters. The van der Waals surface area contributed by atoms with E-state index in [1.54, 1.807) is 30.3 Å². The van der Waals surface area contributed by atoms with Crippen molar-refractivity contribution in [2.24, 2.45) is 5.73 Å². The first-order valence-corrected chi connectivity index (χ1v) is 6.96. The number of nitro benzene ring substituents is 1. The molecule has 0 heterocycles. The van der Waals surface area contributed by atoms with Crippen molar-refractivity contribution >= 4 is 17.5 Å². The quantitative estimate of drug-likeness (QED) is 0.617. The summed E-state index contributed by atoms with van der Waals surface area (Å²) in [5, 5.41) is 13.3. The third kappa shape index (κ3) is 4.13. The summed E-state index contributed by atoms with van der Waals surface area (Å²) >= 11 is 0. The molecule has 0 spiro atoms. The first kappa shape index (κ1) is 17.1. The molecular formula is C16H14FN3O4. The number of amides is 2. The molecule has 0 bridgehead atoms. The van der Waals surface area contributed by atoms with E-state index in [2.05, 4.69) is 5.32 Å². The van der Waals surface area contributed by atoms with Crippen LogP contribution in [0.2, 0.25) is 0 Å². The number of carbonyl (C=O) groups excluding carboxylic acids is 2. The molecule has 8 heteroatoms. The van der Waals surface area contributed by atoms with Crippen LogP contribution in [0, 0.1) is 15.9 Å². The molecule has 2 amide bonds. The van der Waals surface area contributed by atoms with Crippen LogP contribution in [0.1, 0.15) is 15.9 Å². The molecule has 0 fully saturated rings. The molecule has 0 aliphatic rings. The molecule has 0 saturated heterocycles. The summed E-state index contributed by atoms with van der Waals surface area (Å²) in [4.78, 5) is 34.0. The van der Waals surface area contributed by atoms with Crippen molar-refractivity contribution in [2.45, 2.75) is 12.5 Å². The Bertz CT molecular complexity index is 780. The monoisotopic (exact) mass is 331 g/mol. The van der Waals surface area contributed by atoms with Gasteiger partial charge in [0.25, 0.3) is 11.6 Å². The molecule has 7 nitrogen and oxygen atoms in total. The van der Waals surface area contributed by atoms with E-state index in [0.29, 0.717) is 0 Å².